The molecule has 0 bridgehead atoms. The molecule has 2 aromatic heterocycles. The minimum Gasteiger partial charge on any atom is -0.338 e. The standard InChI is InChI=1S/C23H26FN7O/c1-3-20-26-22(29-23(28-20)31-12-10-30(2)11-13-31)27-21-15-17(8-9-25-21)19(32)14-16-4-6-18(24)7-5-16/h4-9,15H,3,10-14H2,1-2H3,(H,25,26,27,28,29). The predicted molar refractivity (Wildman–Crippen MR) is 121 cm³/mol. The minimum absolute atomic E-state index is 0.0786. The summed E-state index contributed by atoms with van der Waals surface area (Å²) in [7, 11) is 2.10. The van der Waals surface area contributed by atoms with E-state index in [0.29, 0.717) is 35.5 Å². The van der Waals surface area contributed by atoms with Crippen LogP contribution in [-0.4, -0.2) is 63.8 Å². The summed E-state index contributed by atoms with van der Waals surface area (Å²) in [6.07, 6.45) is 2.44. The van der Waals surface area contributed by atoms with Crippen molar-refractivity contribution >= 4 is 23.5 Å². The van der Waals surface area contributed by atoms with Crippen molar-refractivity contribution in [3.05, 3.63) is 65.4 Å². The first-order chi connectivity index (χ1) is 15.5. The molecule has 0 radical (unpaired) electrons. The van der Waals surface area contributed by atoms with Gasteiger partial charge in [0.15, 0.2) is 5.78 Å². The SMILES string of the molecule is CCc1nc(Nc2cc(C(=O)Cc3ccc(F)cc3)ccn2)nc(N2CCN(C)CC2)n1. The molecule has 3 aromatic rings. The lowest BCUT2D eigenvalue weighted by Crippen LogP contribution is -2.45. The topological polar surface area (TPSA) is 87.1 Å². The van der Waals surface area contributed by atoms with Crippen molar-refractivity contribution in [3.63, 3.8) is 0 Å². The Labute approximate surface area is 186 Å². The van der Waals surface area contributed by atoms with Crippen LogP contribution in [0.15, 0.2) is 42.6 Å². The second-order valence-corrected chi connectivity index (χ2v) is 7.80. The molecular formula is C23H26FN7O. The minimum atomic E-state index is -0.323. The molecule has 0 amide bonds. The van der Waals surface area contributed by atoms with Crippen molar-refractivity contribution in [3.8, 4) is 0 Å². The Morgan fingerprint density at radius 3 is 2.53 bits per heavy atom. The maximum Gasteiger partial charge on any atom is 0.233 e. The summed E-state index contributed by atoms with van der Waals surface area (Å²) >= 11 is 0. The molecule has 32 heavy (non-hydrogen) atoms. The molecule has 1 saturated heterocycles. The third-order valence-electron chi connectivity index (χ3n) is 5.37. The molecule has 0 atom stereocenters. The number of pyridine rings is 1. The summed E-state index contributed by atoms with van der Waals surface area (Å²) in [5.41, 5.74) is 1.26. The van der Waals surface area contributed by atoms with Gasteiger partial charge in [-0.05, 0) is 36.9 Å². The lowest BCUT2D eigenvalue weighted by Gasteiger charge is -2.32. The first-order valence-corrected chi connectivity index (χ1v) is 10.7. The van der Waals surface area contributed by atoms with Crippen LogP contribution in [0.5, 0.6) is 0 Å². The van der Waals surface area contributed by atoms with E-state index in [1.165, 1.54) is 12.1 Å². The van der Waals surface area contributed by atoms with E-state index >= 15 is 0 Å². The van der Waals surface area contributed by atoms with Crippen LogP contribution in [0, 0.1) is 5.82 Å². The molecule has 1 aliphatic rings. The van der Waals surface area contributed by atoms with Crippen molar-refractivity contribution in [2.75, 3.05) is 43.4 Å². The zero-order valence-electron chi connectivity index (χ0n) is 18.3. The first kappa shape index (κ1) is 21.8. The number of piperazine rings is 1. The molecule has 0 saturated carbocycles. The van der Waals surface area contributed by atoms with Crippen molar-refractivity contribution in [1.82, 2.24) is 24.8 Å². The van der Waals surface area contributed by atoms with E-state index in [1.807, 2.05) is 6.92 Å². The highest BCUT2D eigenvalue weighted by Gasteiger charge is 2.18. The van der Waals surface area contributed by atoms with Crippen molar-refractivity contribution in [2.24, 2.45) is 0 Å². The maximum absolute atomic E-state index is 13.1. The lowest BCUT2D eigenvalue weighted by atomic mass is 10.0. The number of rotatable bonds is 7. The Bertz CT molecular complexity index is 1080. The van der Waals surface area contributed by atoms with Crippen LogP contribution in [-0.2, 0) is 12.8 Å². The summed E-state index contributed by atoms with van der Waals surface area (Å²) in [4.78, 5) is 35.1. The second kappa shape index (κ2) is 9.78. The van der Waals surface area contributed by atoms with E-state index in [0.717, 1.165) is 31.7 Å². The number of hydrogen-bond acceptors (Lipinski definition) is 8. The number of ketones is 1. The van der Waals surface area contributed by atoms with Crippen LogP contribution in [0.2, 0.25) is 0 Å². The van der Waals surface area contributed by atoms with E-state index in [2.05, 4.69) is 42.1 Å². The van der Waals surface area contributed by atoms with Crippen LogP contribution >= 0.6 is 0 Å². The van der Waals surface area contributed by atoms with Crippen LogP contribution in [0.3, 0.4) is 0 Å². The number of carbonyl (C=O) groups is 1. The molecule has 0 unspecified atom stereocenters. The van der Waals surface area contributed by atoms with Gasteiger partial charge in [-0.1, -0.05) is 19.1 Å². The van der Waals surface area contributed by atoms with Gasteiger partial charge >= 0.3 is 0 Å². The van der Waals surface area contributed by atoms with Gasteiger partial charge in [-0.2, -0.15) is 15.0 Å². The molecule has 1 aromatic carbocycles. The smallest absolute Gasteiger partial charge is 0.233 e. The fourth-order valence-corrected chi connectivity index (χ4v) is 3.45. The summed E-state index contributed by atoms with van der Waals surface area (Å²) in [6, 6.07) is 9.28. The average Bonchev–Trinajstić information content (AvgIpc) is 2.81. The summed E-state index contributed by atoms with van der Waals surface area (Å²) in [6.45, 7) is 5.62. The number of aromatic nitrogens is 4. The van der Waals surface area contributed by atoms with Crippen LogP contribution in [0.4, 0.5) is 22.1 Å². The third-order valence-corrected chi connectivity index (χ3v) is 5.37. The molecule has 166 valence electrons. The Kier molecular flexibility index (Phi) is 6.65. The highest BCUT2D eigenvalue weighted by Crippen LogP contribution is 2.18. The van der Waals surface area contributed by atoms with Gasteiger partial charge in [0.25, 0.3) is 0 Å². The fourth-order valence-electron chi connectivity index (χ4n) is 3.45. The fraction of sp³-hybridized carbons (Fsp3) is 0.348. The Balaban J connectivity index is 1.50. The average molecular weight is 436 g/mol. The number of carbonyl (C=O) groups excluding carboxylic acids is 1. The number of likely N-dealkylation sites (N-methyl/N-ethyl adjacent to an activating group) is 1. The van der Waals surface area contributed by atoms with E-state index in [-0.39, 0.29) is 18.0 Å². The van der Waals surface area contributed by atoms with Gasteiger partial charge in [0.1, 0.15) is 17.5 Å². The van der Waals surface area contributed by atoms with E-state index in [4.69, 9.17) is 0 Å². The number of anilines is 3. The molecule has 9 heteroatoms. The van der Waals surface area contributed by atoms with Gasteiger partial charge in [-0.25, -0.2) is 9.37 Å². The molecule has 0 spiro atoms. The quantitative estimate of drug-likeness (QED) is 0.567. The molecule has 4 rings (SSSR count). The zero-order valence-corrected chi connectivity index (χ0v) is 18.3. The number of halogens is 1. The first-order valence-electron chi connectivity index (χ1n) is 10.7. The molecule has 1 N–H and O–H groups in total. The molecular weight excluding hydrogens is 409 g/mol. The van der Waals surface area contributed by atoms with Gasteiger partial charge in [-0.3, -0.25) is 4.79 Å². The van der Waals surface area contributed by atoms with Gasteiger partial charge in [-0.15, -0.1) is 0 Å². The molecule has 1 fully saturated rings. The number of aryl methyl sites for hydroxylation is 1. The number of hydrogen-bond donors (Lipinski definition) is 1. The van der Waals surface area contributed by atoms with Crippen molar-refractivity contribution in [2.45, 2.75) is 19.8 Å². The van der Waals surface area contributed by atoms with E-state index in [1.54, 1.807) is 30.5 Å². The highest BCUT2D eigenvalue weighted by atomic mass is 19.1. The van der Waals surface area contributed by atoms with Gasteiger partial charge < -0.3 is 15.1 Å². The molecule has 3 heterocycles. The summed E-state index contributed by atoms with van der Waals surface area (Å²) in [5.74, 6) is 1.83. The van der Waals surface area contributed by atoms with E-state index < -0.39 is 0 Å². The number of nitrogens with zero attached hydrogens (tertiary/aromatic N) is 6. The van der Waals surface area contributed by atoms with Gasteiger partial charge in [0.05, 0.1) is 0 Å². The van der Waals surface area contributed by atoms with E-state index in [9.17, 15) is 9.18 Å². The number of nitrogens with one attached hydrogen (secondary N) is 1. The zero-order chi connectivity index (χ0) is 22.5. The number of Topliss-reactive ketones (excluding diaryl/α,β-unsaturated/α-hetero) is 1. The normalized spacial score (nSPS) is 14.4. The molecule has 1 aliphatic heterocycles. The molecule has 8 nitrogen and oxygen atoms in total. The molecule has 0 aliphatic carbocycles. The third kappa shape index (κ3) is 5.42. The highest BCUT2D eigenvalue weighted by molar-refractivity contribution is 5.98. The second-order valence-electron chi connectivity index (χ2n) is 7.80. The predicted octanol–water partition coefficient (Wildman–Crippen LogP) is 2.89. The Hall–Kier alpha value is -3.46. The summed E-state index contributed by atoms with van der Waals surface area (Å²) < 4.78 is 13.1. The number of benzene rings is 1. The largest absolute Gasteiger partial charge is 0.338 e. The van der Waals surface area contributed by atoms with Crippen molar-refractivity contribution < 1.29 is 9.18 Å². The maximum atomic E-state index is 13.1. The Morgan fingerprint density at radius 1 is 1.06 bits per heavy atom. The van der Waals surface area contributed by atoms with Crippen LogP contribution < -0.4 is 10.2 Å². The van der Waals surface area contributed by atoms with Crippen LogP contribution in [0.1, 0.15) is 28.7 Å². The Morgan fingerprint density at radius 2 is 1.81 bits per heavy atom. The summed E-state index contributed by atoms with van der Waals surface area (Å²) in [5, 5.41) is 3.12. The lowest BCUT2D eigenvalue weighted by molar-refractivity contribution is 0.0993. The van der Waals surface area contributed by atoms with Crippen LogP contribution in [0.25, 0.3) is 0 Å². The van der Waals surface area contributed by atoms with Gasteiger partial charge in [0.2, 0.25) is 11.9 Å². The monoisotopic (exact) mass is 435 g/mol. The van der Waals surface area contributed by atoms with Gasteiger partial charge in [0, 0.05) is 50.8 Å². The van der Waals surface area contributed by atoms with Crippen molar-refractivity contribution in [1.29, 1.82) is 0 Å².